The van der Waals surface area contributed by atoms with Crippen molar-refractivity contribution in [2.75, 3.05) is 6.54 Å². The van der Waals surface area contributed by atoms with Gasteiger partial charge in [-0.2, -0.15) is 10.5 Å². The van der Waals surface area contributed by atoms with E-state index in [1.807, 2.05) is 25.1 Å². The minimum Gasteiger partial charge on any atom is -0.308 e. The molecule has 0 spiro atoms. The number of nitrogens with one attached hydrogen (secondary N) is 1. The van der Waals surface area contributed by atoms with E-state index in [-0.39, 0.29) is 12.0 Å². The monoisotopic (exact) mass is 228 g/mol. The highest BCUT2D eigenvalue weighted by Crippen LogP contribution is 2.10. The van der Waals surface area contributed by atoms with Crippen LogP contribution in [-0.4, -0.2) is 11.5 Å². The van der Waals surface area contributed by atoms with Gasteiger partial charge in [0.05, 0.1) is 23.8 Å². The summed E-state index contributed by atoms with van der Waals surface area (Å²) in [5, 5.41) is 20.7. The van der Waals surface area contributed by atoms with E-state index in [1.165, 1.54) is 0 Å². The van der Waals surface area contributed by atoms with Crippen LogP contribution < -0.4 is 5.32 Å². The third-order valence-electron chi connectivity index (χ3n) is 2.59. The minimum atomic E-state index is -0.110. The van der Waals surface area contributed by atoms with Crippen LogP contribution in [0.15, 0.2) is 24.4 Å². The van der Waals surface area contributed by atoms with E-state index in [4.69, 9.17) is 10.5 Å². The molecular weight excluding hydrogens is 212 g/mol. The summed E-state index contributed by atoms with van der Waals surface area (Å²) in [4.78, 5) is 4.25. The van der Waals surface area contributed by atoms with Gasteiger partial charge in [0.1, 0.15) is 0 Å². The highest BCUT2D eigenvalue weighted by atomic mass is 14.9. The molecule has 0 aliphatic carbocycles. The topological polar surface area (TPSA) is 72.5 Å². The molecule has 1 heterocycles. The molecule has 0 saturated heterocycles. The molecule has 0 aliphatic heterocycles. The van der Waals surface area contributed by atoms with Crippen molar-refractivity contribution in [1.82, 2.24) is 10.3 Å². The van der Waals surface area contributed by atoms with Gasteiger partial charge < -0.3 is 5.32 Å². The van der Waals surface area contributed by atoms with Crippen LogP contribution in [0, 0.1) is 28.6 Å². The van der Waals surface area contributed by atoms with Gasteiger partial charge in [0.15, 0.2) is 0 Å². The summed E-state index contributed by atoms with van der Waals surface area (Å²) >= 11 is 0. The average Bonchev–Trinajstić information content (AvgIpc) is 2.39. The number of nitriles is 2. The SMILES string of the molecule is CC(NCC(C#N)CCC#N)c1ccccn1. The third kappa shape index (κ3) is 4.63. The second-order valence-corrected chi connectivity index (χ2v) is 3.91. The smallest absolute Gasteiger partial charge is 0.0669 e. The van der Waals surface area contributed by atoms with E-state index in [0.29, 0.717) is 19.4 Å². The molecule has 0 aromatic carbocycles. The molecule has 2 atom stereocenters. The summed E-state index contributed by atoms with van der Waals surface area (Å²) in [7, 11) is 0. The van der Waals surface area contributed by atoms with E-state index in [2.05, 4.69) is 22.4 Å². The quantitative estimate of drug-likeness (QED) is 0.809. The summed E-state index contributed by atoms with van der Waals surface area (Å²) in [6.45, 7) is 2.61. The van der Waals surface area contributed by atoms with Crippen molar-refractivity contribution in [2.24, 2.45) is 5.92 Å². The third-order valence-corrected chi connectivity index (χ3v) is 2.59. The zero-order valence-corrected chi connectivity index (χ0v) is 9.93. The molecule has 1 rings (SSSR count). The summed E-state index contributed by atoms with van der Waals surface area (Å²) in [5.41, 5.74) is 0.962. The molecule has 17 heavy (non-hydrogen) atoms. The van der Waals surface area contributed by atoms with Crippen LogP contribution in [0.25, 0.3) is 0 Å². The fraction of sp³-hybridized carbons (Fsp3) is 0.462. The fourth-order valence-corrected chi connectivity index (χ4v) is 1.51. The maximum Gasteiger partial charge on any atom is 0.0669 e. The van der Waals surface area contributed by atoms with E-state index >= 15 is 0 Å². The lowest BCUT2D eigenvalue weighted by Crippen LogP contribution is -2.25. The Hall–Kier alpha value is -1.91. The van der Waals surface area contributed by atoms with Crippen LogP contribution in [0.1, 0.15) is 31.5 Å². The van der Waals surface area contributed by atoms with Crippen LogP contribution in [-0.2, 0) is 0 Å². The first-order valence-corrected chi connectivity index (χ1v) is 5.68. The molecule has 0 fully saturated rings. The average molecular weight is 228 g/mol. The Morgan fingerprint density at radius 3 is 2.82 bits per heavy atom. The standard InChI is InChI=1S/C13H16N4/c1-11(13-6-2-3-8-16-13)17-10-12(9-15)5-4-7-14/h2-3,6,8,11-12,17H,4-5,10H2,1H3. The molecule has 4 heteroatoms. The van der Waals surface area contributed by atoms with Gasteiger partial charge in [-0.25, -0.2) is 0 Å². The number of rotatable bonds is 6. The molecule has 2 unspecified atom stereocenters. The number of hydrogen-bond donors (Lipinski definition) is 1. The molecular formula is C13H16N4. The zero-order valence-electron chi connectivity index (χ0n) is 9.93. The van der Waals surface area contributed by atoms with Gasteiger partial charge in [-0.15, -0.1) is 0 Å². The Labute approximate surface area is 102 Å². The first-order valence-electron chi connectivity index (χ1n) is 5.68. The van der Waals surface area contributed by atoms with Crippen LogP contribution >= 0.6 is 0 Å². The van der Waals surface area contributed by atoms with E-state index in [0.717, 1.165) is 5.69 Å². The lowest BCUT2D eigenvalue weighted by molar-refractivity contribution is 0.484. The van der Waals surface area contributed by atoms with Crippen molar-refractivity contribution < 1.29 is 0 Å². The van der Waals surface area contributed by atoms with Gasteiger partial charge in [0.25, 0.3) is 0 Å². The second-order valence-electron chi connectivity index (χ2n) is 3.91. The van der Waals surface area contributed by atoms with Crippen LogP contribution in [0.5, 0.6) is 0 Å². The molecule has 1 N–H and O–H groups in total. The first-order chi connectivity index (χ1) is 8.27. The largest absolute Gasteiger partial charge is 0.308 e. The molecule has 0 saturated carbocycles. The van der Waals surface area contributed by atoms with Gasteiger partial charge in [-0.05, 0) is 25.5 Å². The van der Waals surface area contributed by atoms with Crippen LogP contribution in [0.4, 0.5) is 0 Å². The summed E-state index contributed by atoms with van der Waals surface area (Å²) < 4.78 is 0. The predicted octanol–water partition coefficient (Wildman–Crippen LogP) is 2.18. The predicted molar refractivity (Wildman–Crippen MR) is 64.6 cm³/mol. The Morgan fingerprint density at radius 1 is 1.41 bits per heavy atom. The lowest BCUT2D eigenvalue weighted by Gasteiger charge is -2.15. The molecule has 0 aliphatic rings. The zero-order chi connectivity index (χ0) is 12.5. The minimum absolute atomic E-state index is 0.110. The number of nitrogens with zero attached hydrogens (tertiary/aromatic N) is 3. The molecule has 88 valence electrons. The van der Waals surface area contributed by atoms with Gasteiger partial charge in [0.2, 0.25) is 0 Å². The molecule has 4 nitrogen and oxygen atoms in total. The summed E-state index contributed by atoms with van der Waals surface area (Å²) in [6, 6.07) is 10.2. The Kier molecular flexibility index (Phi) is 5.71. The Bertz CT molecular complexity index is 402. The Balaban J connectivity index is 2.40. The van der Waals surface area contributed by atoms with Gasteiger partial charge in [-0.3, -0.25) is 4.98 Å². The van der Waals surface area contributed by atoms with Crippen molar-refractivity contribution in [3.63, 3.8) is 0 Å². The first kappa shape index (κ1) is 13.2. The van der Waals surface area contributed by atoms with Crippen molar-refractivity contribution in [3.05, 3.63) is 30.1 Å². The maximum atomic E-state index is 8.92. The molecule has 0 amide bonds. The lowest BCUT2D eigenvalue weighted by atomic mass is 10.0. The van der Waals surface area contributed by atoms with Gasteiger partial charge in [0, 0.05) is 25.2 Å². The highest BCUT2D eigenvalue weighted by Gasteiger charge is 2.10. The maximum absolute atomic E-state index is 8.92. The van der Waals surface area contributed by atoms with Gasteiger partial charge in [-0.1, -0.05) is 6.07 Å². The second kappa shape index (κ2) is 7.38. The molecule has 0 bridgehead atoms. The van der Waals surface area contributed by atoms with E-state index in [9.17, 15) is 0 Å². The fourth-order valence-electron chi connectivity index (χ4n) is 1.51. The highest BCUT2D eigenvalue weighted by molar-refractivity contribution is 5.07. The van der Waals surface area contributed by atoms with Gasteiger partial charge >= 0.3 is 0 Å². The number of pyridine rings is 1. The number of hydrogen-bond acceptors (Lipinski definition) is 4. The molecule has 0 radical (unpaired) electrons. The Morgan fingerprint density at radius 2 is 2.24 bits per heavy atom. The van der Waals surface area contributed by atoms with E-state index in [1.54, 1.807) is 6.20 Å². The van der Waals surface area contributed by atoms with Crippen molar-refractivity contribution in [2.45, 2.75) is 25.8 Å². The van der Waals surface area contributed by atoms with Crippen LogP contribution in [0.3, 0.4) is 0 Å². The van der Waals surface area contributed by atoms with Crippen molar-refractivity contribution in [3.8, 4) is 12.1 Å². The van der Waals surface area contributed by atoms with E-state index < -0.39 is 0 Å². The van der Waals surface area contributed by atoms with Crippen molar-refractivity contribution >= 4 is 0 Å². The summed E-state index contributed by atoms with van der Waals surface area (Å²) in [5.74, 6) is -0.110. The normalized spacial score (nSPS) is 13.4. The molecule has 1 aromatic rings. The summed E-state index contributed by atoms with van der Waals surface area (Å²) in [6.07, 6.45) is 2.80. The number of aromatic nitrogens is 1. The van der Waals surface area contributed by atoms with Crippen molar-refractivity contribution in [1.29, 1.82) is 10.5 Å². The molecule has 1 aromatic heterocycles. The van der Waals surface area contributed by atoms with Crippen LogP contribution in [0.2, 0.25) is 0 Å².